The molecular formula is C19H18N4O3. The molecular weight excluding hydrogens is 332 g/mol. The van der Waals surface area contributed by atoms with E-state index in [-0.39, 0.29) is 5.76 Å². The van der Waals surface area contributed by atoms with Crippen molar-refractivity contribution in [1.29, 1.82) is 0 Å². The van der Waals surface area contributed by atoms with Gasteiger partial charge >= 0.3 is 0 Å². The van der Waals surface area contributed by atoms with Gasteiger partial charge in [-0.25, -0.2) is 4.99 Å². The molecule has 0 amide bonds. The number of rotatable bonds is 4. The minimum absolute atomic E-state index is 0.104. The molecule has 2 aromatic rings. The third-order valence-electron chi connectivity index (χ3n) is 4.32. The number of amidine groups is 2. The summed E-state index contributed by atoms with van der Waals surface area (Å²) >= 11 is 0. The van der Waals surface area contributed by atoms with E-state index >= 15 is 0 Å². The van der Waals surface area contributed by atoms with Crippen LogP contribution in [0.1, 0.15) is 11.1 Å². The molecule has 0 aliphatic carbocycles. The number of methoxy groups -OCH3 is 2. The fourth-order valence-electron chi connectivity index (χ4n) is 3.05. The molecule has 0 radical (unpaired) electrons. The van der Waals surface area contributed by atoms with E-state index in [1.165, 1.54) is 0 Å². The maximum Gasteiger partial charge on any atom is 0.162 e. The number of hydrogen-bond acceptors (Lipinski definition) is 7. The number of nitrogens with zero attached hydrogens (tertiary/aromatic N) is 4. The van der Waals surface area contributed by atoms with E-state index in [1.807, 2.05) is 17.0 Å². The van der Waals surface area contributed by atoms with Crippen molar-refractivity contribution < 1.29 is 14.6 Å². The van der Waals surface area contributed by atoms with Gasteiger partial charge in [-0.1, -0.05) is 0 Å². The quantitative estimate of drug-likeness (QED) is 0.858. The molecule has 4 rings (SSSR count). The van der Waals surface area contributed by atoms with Gasteiger partial charge in [0.15, 0.2) is 11.5 Å². The van der Waals surface area contributed by atoms with Crippen molar-refractivity contribution in [3.63, 3.8) is 0 Å². The molecule has 0 spiro atoms. The van der Waals surface area contributed by atoms with Crippen LogP contribution in [-0.4, -0.2) is 54.0 Å². The monoisotopic (exact) mass is 350 g/mol. The largest absolute Gasteiger partial charge is 0.507 e. The Bertz CT molecular complexity index is 935. The van der Waals surface area contributed by atoms with Crippen LogP contribution in [0.2, 0.25) is 0 Å². The van der Waals surface area contributed by atoms with E-state index in [9.17, 15) is 5.11 Å². The summed E-state index contributed by atoms with van der Waals surface area (Å²) < 4.78 is 10.8. The summed E-state index contributed by atoms with van der Waals surface area (Å²) in [5.41, 5.74) is 2.24. The molecule has 2 aliphatic heterocycles. The smallest absolute Gasteiger partial charge is 0.162 e. The molecule has 2 aliphatic rings. The Morgan fingerprint density at radius 1 is 1.23 bits per heavy atom. The average molecular weight is 350 g/mol. The first-order valence-electron chi connectivity index (χ1n) is 8.19. The Morgan fingerprint density at radius 2 is 2.04 bits per heavy atom. The zero-order valence-electron chi connectivity index (χ0n) is 14.5. The van der Waals surface area contributed by atoms with Crippen LogP contribution >= 0.6 is 0 Å². The zero-order chi connectivity index (χ0) is 18.1. The number of aliphatic hydroxyl groups is 1. The second-order valence-electron chi connectivity index (χ2n) is 5.82. The van der Waals surface area contributed by atoms with Gasteiger partial charge in [0.25, 0.3) is 0 Å². The van der Waals surface area contributed by atoms with Gasteiger partial charge in [0.1, 0.15) is 17.4 Å². The summed E-state index contributed by atoms with van der Waals surface area (Å²) in [6.45, 7) is 1.38. The highest BCUT2D eigenvalue weighted by atomic mass is 16.5. The fraction of sp³-hybridized carbons (Fsp3) is 0.211. The van der Waals surface area contributed by atoms with Crippen molar-refractivity contribution in [2.24, 2.45) is 9.98 Å². The Labute approximate surface area is 150 Å². The first kappa shape index (κ1) is 16.1. The summed E-state index contributed by atoms with van der Waals surface area (Å²) in [5, 5.41) is 10.5. The standard InChI is InChI=1S/C19H18N4O3/c1-25-16-8-13-14(9-17(16)26-2)22-18(23-7-6-21-19(13)23)10-15(24)12-4-3-5-20-11-12/h3-5,8-11,24H,6-7H2,1-2H3/b15-10-. The second kappa shape index (κ2) is 6.51. The van der Waals surface area contributed by atoms with Gasteiger partial charge in [0.05, 0.1) is 26.5 Å². The lowest BCUT2D eigenvalue weighted by Gasteiger charge is -2.26. The number of aliphatic hydroxyl groups excluding tert-OH is 1. The zero-order valence-corrected chi connectivity index (χ0v) is 14.5. The molecule has 1 aromatic carbocycles. The first-order valence-corrected chi connectivity index (χ1v) is 8.19. The minimum atomic E-state index is 0.104. The topological polar surface area (TPSA) is 79.5 Å². The van der Waals surface area contributed by atoms with Gasteiger partial charge < -0.3 is 19.5 Å². The van der Waals surface area contributed by atoms with Crippen molar-refractivity contribution in [2.75, 3.05) is 27.3 Å². The molecule has 26 heavy (non-hydrogen) atoms. The number of pyridine rings is 1. The van der Waals surface area contributed by atoms with Crippen LogP contribution in [0.25, 0.3) is 5.76 Å². The molecule has 0 atom stereocenters. The van der Waals surface area contributed by atoms with Gasteiger partial charge in [-0.05, 0) is 18.2 Å². The van der Waals surface area contributed by atoms with Crippen LogP contribution in [0.3, 0.4) is 0 Å². The summed E-state index contributed by atoms with van der Waals surface area (Å²) in [6.07, 6.45) is 4.91. The Kier molecular flexibility index (Phi) is 4.04. The molecule has 1 N–H and O–H groups in total. The van der Waals surface area contributed by atoms with Crippen LogP contribution in [0, 0.1) is 0 Å². The number of hydrogen-bond donors (Lipinski definition) is 1. The molecule has 0 bridgehead atoms. The number of fused-ring (bicyclic) bond motifs is 3. The van der Waals surface area contributed by atoms with Crippen molar-refractivity contribution >= 4 is 23.1 Å². The van der Waals surface area contributed by atoms with Crippen LogP contribution in [0.15, 0.2) is 52.7 Å². The van der Waals surface area contributed by atoms with Gasteiger partial charge in [0.2, 0.25) is 0 Å². The van der Waals surface area contributed by atoms with Crippen LogP contribution in [-0.2, 0) is 0 Å². The van der Waals surface area contributed by atoms with E-state index in [1.54, 1.807) is 44.8 Å². The molecule has 0 unspecified atom stereocenters. The van der Waals surface area contributed by atoms with Crippen molar-refractivity contribution in [3.8, 4) is 11.5 Å². The van der Waals surface area contributed by atoms with Gasteiger partial charge in [-0.15, -0.1) is 0 Å². The van der Waals surface area contributed by atoms with Crippen LogP contribution in [0.5, 0.6) is 11.5 Å². The van der Waals surface area contributed by atoms with Gasteiger partial charge in [0, 0.05) is 42.2 Å². The molecule has 0 fully saturated rings. The SMILES string of the molecule is COc1cc2c(cc1OC)C1=NCCN1C(/C=C(\O)c1cccnc1)=N2. The summed E-state index contributed by atoms with van der Waals surface area (Å²) in [5.74, 6) is 2.78. The molecule has 0 saturated carbocycles. The maximum atomic E-state index is 10.5. The predicted molar refractivity (Wildman–Crippen MR) is 99.6 cm³/mol. The number of ether oxygens (including phenoxy) is 2. The lowest BCUT2D eigenvalue weighted by molar-refractivity contribution is 0.355. The fourth-order valence-corrected chi connectivity index (χ4v) is 3.05. The summed E-state index contributed by atoms with van der Waals surface area (Å²) in [6, 6.07) is 7.28. The van der Waals surface area contributed by atoms with Gasteiger partial charge in [-0.3, -0.25) is 9.98 Å². The van der Waals surface area contributed by atoms with Crippen molar-refractivity contribution in [1.82, 2.24) is 9.88 Å². The Morgan fingerprint density at radius 3 is 2.77 bits per heavy atom. The van der Waals surface area contributed by atoms with E-state index in [2.05, 4.69) is 9.98 Å². The molecule has 0 saturated heterocycles. The van der Waals surface area contributed by atoms with E-state index in [0.29, 0.717) is 36.0 Å². The maximum absolute atomic E-state index is 10.5. The summed E-state index contributed by atoms with van der Waals surface area (Å²) in [4.78, 5) is 15.3. The third kappa shape index (κ3) is 2.67. The molecule has 7 heteroatoms. The number of benzene rings is 1. The highest BCUT2D eigenvalue weighted by Gasteiger charge is 2.30. The molecule has 132 valence electrons. The van der Waals surface area contributed by atoms with E-state index < -0.39 is 0 Å². The Balaban J connectivity index is 1.82. The highest BCUT2D eigenvalue weighted by Crippen LogP contribution is 2.38. The Hall–Kier alpha value is -3.35. The first-order chi connectivity index (χ1) is 12.7. The third-order valence-corrected chi connectivity index (χ3v) is 4.32. The second-order valence-corrected chi connectivity index (χ2v) is 5.82. The summed E-state index contributed by atoms with van der Waals surface area (Å²) in [7, 11) is 3.19. The lowest BCUT2D eigenvalue weighted by atomic mass is 10.1. The van der Waals surface area contributed by atoms with Crippen LogP contribution < -0.4 is 9.47 Å². The van der Waals surface area contributed by atoms with Gasteiger partial charge in [-0.2, -0.15) is 0 Å². The van der Waals surface area contributed by atoms with E-state index in [0.717, 1.165) is 17.1 Å². The molecule has 3 heterocycles. The predicted octanol–water partition coefficient (Wildman–Crippen LogP) is 2.80. The molecule has 7 nitrogen and oxygen atoms in total. The normalized spacial score (nSPS) is 15.8. The lowest BCUT2D eigenvalue weighted by Crippen LogP contribution is -2.36. The van der Waals surface area contributed by atoms with Crippen molar-refractivity contribution in [2.45, 2.75) is 0 Å². The minimum Gasteiger partial charge on any atom is -0.507 e. The van der Waals surface area contributed by atoms with E-state index in [4.69, 9.17) is 14.5 Å². The average Bonchev–Trinajstić information content (AvgIpc) is 3.18. The number of aromatic nitrogens is 1. The highest BCUT2D eigenvalue weighted by molar-refractivity contribution is 6.20. The van der Waals surface area contributed by atoms with Crippen LogP contribution in [0.4, 0.5) is 5.69 Å². The number of aliphatic imine (C=N–C) groups is 2. The molecule has 1 aromatic heterocycles. The van der Waals surface area contributed by atoms with Crippen molar-refractivity contribution in [3.05, 3.63) is 53.9 Å².